The molecule has 0 heterocycles. The van der Waals surface area contributed by atoms with Crippen LogP contribution in [0.3, 0.4) is 0 Å². The summed E-state index contributed by atoms with van der Waals surface area (Å²) in [5.74, 6) is 0. The molecule has 0 bridgehead atoms. The van der Waals surface area contributed by atoms with Gasteiger partial charge in [-0.15, -0.1) is 0 Å². The molecule has 0 nitrogen and oxygen atoms in total. The third kappa shape index (κ3) is 4.57. The smallest absolute Gasteiger partial charge is 1.00 e. The van der Waals surface area contributed by atoms with Crippen LogP contribution in [-0.4, -0.2) is 0 Å². The Morgan fingerprint density at radius 3 is 1.91 bits per heavy atom. The summed E-state index contributed by atoms with van der Waals surface area (Å²) in [5.41, 5.74) is 2.34. The molecule has 1 aromatic rings. The first-order valence-electron chi connectivity index (χ1n) is 3.01. The molecule has 0 atom stereocenters. The van der Waals surface area contributed by atoms with Crippen LogP contribution in [0.1, 0.15) is 15.3 Å². The molecule has 0 aliphatic carbocycles. The Bertz CT molecular complexity index is 212. The summed E-state index contributed by atoms with van der Waals surface area (Å²) in [5, 5.41) is 0. The average molecular weight is 134 g/mol. The fourth-order valence-electron chi connectivity index (χ4n) is 0.723. The van der Waals surface area contributed by atoms with Crippen molar-refractivity contribution < 1.29 is 40.6 Å². The summed E-state index contributed by atoms with van der Waals surface area (Å²) in [6.45, 7) is 5.83. The van der Waals surface area contributed by atoms with Crippen LogP contribution in [0.15, 0.2) is 36.9 Å². The topological polar surface area (TPSA) is 0 Å². The van der Waals surface area contributed by atoms with Gasteiger partial charge in [0.1, 0.15) is 0 Å². The van der Waals surface area contributed by atoms with Crippen LogP contribution in [0.4, 0.5) is 0 Å². The van der Waals surface area contributed by atoms with Crippen molar-refractivity contribution in [3.8, 4) is 0 Å². The minimum absolute atomic E-state index is 0. The van der Waals surface area contributed by atoms with Crippen molar-refractivity contribution in [2.24, 2.45) is 0 Å². The van der Waals surface area contributed by atoms with Crippen molar-refractivity contribution in [1.82, 2.24) is 0 Å². The van der Waals surface area contributed by atoms with E-state index in [0.717, 1.165) is 5.57 Å². The zero-order chi connectivity index (χ0) is 6.69. The predicted octanol–water partition coefficient (Wildman–Crippen LogP) is -3.05. The average Bonchev–Trinajstić information content (AvgIpc) is 1.90. The maximum absolute atomic E-state index is 3.83. The van der Waals surface area contributed by atoms with E-state index in [1.54, 1.807) is 0 Å². The molecule has 0 fully saturated rings. The number of hydrogen-bond acceptors (Lipinski definition) is 0. The molecule has 0 unspecified atom stereocenters. The molecule has 0 aromatic heterocycles. The van der Waals surface area contributed by atoms with Crippen LogP contribution >= 0.6 is 0 Å². The zero-order valence-electron chi connectivity index (χ0n) is 9.59. The second kappa shape index (κ2) is 6.84. The summed E-state index contributed by atoms with van der Waals surface area (Å²) in [6.07, 6.45) is 0. The van der Waals surface area contributed by atoms with E-state index < -0.39 is 0 Å². The van der Waals surface area contributed by atoms with Crippen molar-refractivity contribution >= 4 is 5.57 Å². The molecule has 0 spiro atoms. The van der Waals surface area contributed by atoms with Crippen molar-refractivity contribution in [2.75, 3.05) is 0 Å². The fourth-order valence-corrected chi connectivity index (χ4v) is 0.723. The van der Waals surface area contributed by atoms with Gasteiger partial charge in [0, 0.05) is 0 Å². The van der Waals surface area contributed by atoms with Gasteiger partial charge >= 0.3 is 37.7 Å². The van der Waals surface area contributed by atoms with Crippen molar-refractivity contribution in [3.05, 3.63) is 42.5 Å². The summed E-state index contributed by atoms with van der Waals surface area (Å²) in [6, 6.07) is 10.2. The van der Waals surface area contributed by atoms with Gasteiger partial charge in [0.15, 0.2) is 0 Å². The molecule has 0 saturated heterocycles. The quantitative estimate of drug-likeness (QED) is 0.358. The molecule has 0 aliphatic heterocycles. The van der Waals surface area contributed by atoms with Crippen LogP contribution in [0.25, 0.3) is 5.57 Å². The van der Waals surface area contributed by atoms with E-state index in [1.165, 1.54) is 5.56 Å². The van der Waals surface area contributed by atoms with Crippen LogP contribution in [0.5, 0.6) is 0 Å². The van der Waals surface area contributed by atoms with Crippen LogP contribution < -0.4 is 37.7 Å². The van der Waals surface area contributed by atoms with E-state index in [2.05, 4.69) is 18.7 Å². The van der Waals surface area contributed by atoms with Crippen LogP contribution in [0, 0.1) is 0 Å². The number of hydrogen-bond donors (Lipinski definition) is 0. The summed E-state index contributed by atoms with van der Waals surface area (Å²) >= 11 is 0. The second-order valence-electron chi connectivity index (χ2n) is 2.15. The Labute approximate surface area is 95.4 Å². The molecule has 2 heteroatoms. The van der Waals surface area contributed by atoms with E-state index >= 15 is 0 Å². The van der Waals surface area contributed by atoms with Gasteiger partial charge in [-0.3, -0.25) is 0 Å². The Morgan fingerprint density at radius 1 is 1.18 bits per heavy atom. The van der Waals surface area contributed by atoms with E-state index in [-0.39, 0.29) is 40.6 Å². The molecular formula is C9H12Li2. The Balaban J connectivity index is -0.000000101. The Kier molecular flexibility index (Phi) is 8.53. The van der Waals surface area contributed by atoms with Gasteiger partial charge in [-0.2, -0.15) is 0 Å². The minimum atomic E-state index is 0. The van der Waals surface area contributed by atoms with E-state index in [1.807, 2.05) is 25.1 Å². The van der Waals surface area contributed by atoms with Gasteiger partial charge < -0.3 is 2.85 Å². The SMILES string of the molecule is C=C(C)c1ccccc1.[H-].[H-].[Li+].[Li+]. The Hall–Kier alpha value is 0.155. The third-order valence-corrected chi connectivity index (χ3v) is 1.27. The monoisotopic (exact) mass is 134 g/mol. The summed E-state index contributed by atoms with van der Waals surface area (Å²) in [4.78, 5) is 0. The minimum Gasteiger partial charge on any atom is -1.00 e. The molecule has 0 amide bonds. The maximum atomic E-state index is 3.83. The molecule has 0 radical (unpaired) electrons. The summed E-state index contributed by atoms with van der Waals surface area (Å²) in [7, 11) is 0. The predicted molar refractivity (Wildman–Crippen MR) is 43.4 cm³/mol. The molecule has 1 rings (SSSR count). The van der Waals surface area contributed by atoms with Gasteiger partial charge in [0.2, 0.25) is 0 Å². The van der Waals surface area contributed by atoms with Gasteiger partial charge in [0.05, 0.1) is 0 Å². The maximum Gasteiger partial charge on any atom is 1.00 e. The normalized spacial score (nSPS) is 7.36. The fraction of sp³-hybridized carbons (Fsp3) is 0.111. The van der Waals surface area contributed by atoms with Crippen molar-refractivity contribution in [3.63, 3.8) is 0 Å². The van der Waals surface area contributed by atoms with E-state index in [9.17, 15) is 0 Å². The van der Waals surface area contributed by atoms with Gasteiger partial charge in [-0.1, -0.05) is 42.5 Å². The number of benzene rings is 1. The molecule has 11 heavy (non-hydrogen) atoms. The molecule has 0 N–H and O–H groups in total. The van der Waals surface area contributed by atoms with Gasteiger partial charge in [0.25, 0.3) is 0 Å². The Morgan fingerprint density at radius 2 is 1.64 bits per heavy atom. The standard InChI is InChI=1S/C9H10.2Li.2H/c1-8(2)9-6-4-3-5-7-9;;;;/h3-7H,1H2,2H3;;;;/q;2*+1;2*-1. The number of rotatable bonds is 1. The largest absolute Gasteiger partial charge is 1.00 e. The van der Waals surface area contributed by atoms with Crippen LogP contribution in [0.2, 0.25) is 0 Å². The third-order valence-electron chi connectivity index (χ3n) is 1.27. The van der Waals surface area contributed by atoms with Crippen molar-refractivity contribution in [2.45, 2.75) is 6.92 Å². The van der Waals surface area contributed by atoms with Crippen LogP contribution in [-0.2, 0) is 0 Å². The van der Waals surface area contributed by atoms with Crippen molar-refractivity contribution in [1.29, 1.82) is 0 Å². The van der Waals surface area contributed by atoms with E-state index in [4.69, 9.17) is 0 Å². The second-order valence-corrected chi connectivity index (χ2v) is 2.15. The molecular weight excluding hydrogens is 122 g/mol. The van der Waals surface area contributed by atoms with Gasteiger partial charge in [-0.25, -0.2) is 0 Å². The molecule has 50 valence electrons. The molecule has 0 saturated carbocycles. The van der Waals surface area contributed by atoms with E-state index in [0.29, 0.717) is 0 Å². The van der Waals surface area contributed by atoms with Gasteiger partial charge in [-0.05, 0) is 12.5 Å². The summed E-state index contributed by atoms with van der Waals surface area (Å²) < 4.78 is 0. The first kappa shape index (κ1) is 13.7. The zero-order valence-corrected chi connectivity index (χ0v) is 7.59. The first-order valence-corrected chi connectivity index (χ1v) is 3.01. The number of allylic oxidation sites excluding steroid dienone is 1. The first-order chi connectivity index (χ1) is 4.30. The molecule has 1 aromatic carbocycles. The molecule has 0 aliphatic rings.